The monoisotopic (exact) mass is 347 g/mol. The van der Waals surface area contributed by atoms with Crippen molar-refractivity contribution in [3.63, 3.8) is 0 Å². The summed E-state index contributed by atoms with van der Waals surface area (Å²) in [7, 11) is 2.00. The fourth-order valence-electron chi connectivity index (χ4n) is 2.46. The Bertz CT molecular complexity index is 530. The second-order valence-electron chi connectivity index (χ2n) is 5.08. The van der Waals surface area contributed by atoms with Crippen molar-refractivity contribution < 1.29 is 4.74 Å². The van der Waals surface area contributed by atoms with Gasteiger partial charge in [-0.2, -0.15) is 0 Å². The average Bonchev–Trinajstić information content (AvgIpc) is 2.52. The molecule has 0 aliphatic carbocycles. The van der Waals surface area contributed by atoms with Gasteiger partial charge in [0, 0.05) is 11.0 Å². The molecule has 0 aliphatic rings. The van der Waals surface area contributed by atoms with Crippen LogP contribution in [-0.4, -0.2) is 20.2 Å². The van der Waals surface area contributed by atoms with Crippen LogP contribution in [-0.2, 0) is 0 Å². The molecule has 2 aromatic rings. The van der Waals surface area contributed by atoms with Gasteiger partial charge < -0.3 is 10.1 Å². The Morgan fingerprint density at radius 2 is 1.76 bits per heavy atom. The van der Waals surface area contributed by atoms with E-state index in [1.54, 1.807) is 0 Å². The summed E-state index contributed by atoms with van der Waals surface area (Å²) in [4.78, 5) is 0. The summed E-state index contributed by atoms with van der Waals surface area (Å²) in [6, 6.07) is 18.5. The molecule has 0 saturated carbocycles. The third-order valence-electron chi connectivity index (χ3n) is 3.50. The maximum Gasteiger partial charge on any atom is 0.119 e. The summed E-state index contributed by atoms with van der Waals surface area (Å²) in [6.45, 7) is 1.74. The molecule has 1 atom stereocenters. The second kappa shape index (κ2) is 8.85. The number of nitrogens with one attached hydrogen (secondary N) is 1. The fraction of sp³-hybridized carbons (Fsp3) is 0.333. The van der Waals surface area contributed by atoms with Crippen LogP contribution in [0.4, 0.5) is 0 Å². The fourth-order valence-corrected chi connectivity index (χ4v) is 3.07. The molecule has 0 aliphatic heterocycles. The van der Waals surface area contributed by atoms with Crippen LogP contribution in [0.25, 0.3) is 0 Å². The number of ether oxygens (including phenoxy) is 1. The Kier molecular flexibility index (Phi) is 6.77. The molecule has 2 aromatic carbocycles. The first-order valence-corrected chi connectivity index (χ1v) is 8.17. The summed E-state index contributed by atoms with van der Waals surface area (Å²) in [5.41, 5.74) is 1.37. The highest BCUT2D eigenvalue weighted by Crippen LogP contribution is 2.28. The van der Waals surface area contributed by atoms with Crippen molar-refractivity contribution >= 4 is 15.9 Å². The van der Waals surface area contributed by atoms with E-state index >= 15 is 0 Å². The molecule has 0 aromatic heterocycles. The largest absolute Gasteiger partial charge is 0.494 e. The molecule has 0 heterocycles. The minimum atomic E-state index is 0.505. The smallest absolute Gasteiger partial charge is 0.119 e. The van der Waals surface area contributed by atoms with Crippen molar-refractivity contribution in [2.75, 3.05) is 20.2 Å². The number of hydrogen-bond donors (Lipinski definition) is 1. The number of para-hydroxylation sites is 1. The van der Waals surface area contributed by atoms with Crippen LogP contribution >= 0.6 is 15.9 Å². The van der Waals surface area contributed by atoms with Crippen LogP contribution in [0.3, 0.4) is 0 Å². The standard InChI is InChI=1S/C18H22BrNO/c1-20-14-15(17-11-5-6-12-18(17)19)8-7-13-21-16-9-3-2-4-10-16/h2-6,9-12,15,20H,7-8,13-14H2,1H3. The van der Waals surface area contributed by atoms with Gasteiger partial charge in [0.05, 0.1) is 6.61 Å². The van der Waals surface area contributed by atoms with Gasteiger partial charge in [-0.1, -0.05) is 52.3 Å². The number of halogens is 1. The van der Waals surface area contributed by atoms with Gasteiger partial charge in [-0.25, -0.2) is 0 Å². The second-order valence-corrected chi connectivity index (χ2v) is 5.93. The summed E-state index contributed by atoms with van der Waals surface area (Å²) >= 11 is 3.65. The number of likely N-dealkylation sites (N-methyl/N-ethyl adjacent to an activating group) is 1. The van der Waals surface area contributed by atoms with Crippen molar-refractivity contribution in [3.8, 4) is 5.75 Å². The van der Waals surface area contributed by atoms with E-state index in [0.29, 0.717) is 5.92 Å². The first kappa shape index (κ1) is 16.1. The highest BCUT2D eigenvalue weighted by molar-refractivity contribution is 9.10. The van der Waals surface area contributed by atoms with Gasteiger partial charge in [0.1, 0.15) is 5.75 Å². The Hall–Kier alpha value is -1.32. The maximum absolute atomic E-state index is 5.77. The third kappa shape index (κ3) is 5.18. The zero-order valence-electron chi connectivity index (χ0n) is 12.4. The van der Waals surface area contributed by atoms with E-state index < -0.39 is 0 Å². The zero-order valence-corrected chi connectivity index (χ0v) is 14.0. The summed E-state index contributed by atoms with van der Waals surface area (Å²) in [6.07, 6.45) is 2.15. The predicted molar refractivity (Wildman–Crippen MR) is 92.0 cm³/mol. The van der Waals surface area contributed by atoms with E-state index in [2.05, 4.69) is 45.5 Å². The maximum atomic E-state index is 5.77. The topological polar surface area (TPSA) is 21.3 Å². The van der Waals surface area contributed by atoms with E-state index in [1.165, 1.54) is 10.0 Å². The lowest BCUT2D eigenvalue weighted by Crippen LogP contribution is -2.18. The Morgan fingerprint density at radius 3 is 2.48 bits per heavy atom. The van der Waals surface area contributed by atoms with Gasteiger partial charge in [-0.05, 0) is 49.6 Å². The molecule has 21 heavy (non-hydrogen) atoms. The van der Waals surface area contributed by atoms with Crippen molar-refractivity contribution in [2.45, 2.75) is 18.8 Å². The number of benzene rings is 2. The van der Waals surface area contributed by atoms with Crippen LogP contribution in [0, 0.1) is 0 Å². The minimum Gasteiger partial charge on any atom is -0.494 e. The molecule has 0 spiro atoms. The van der Waals surface area contributed by atoms with E-state index in [9.17, 15) is 0 Å². The lowest BCUT2D eigenvalue weighted by molar-refractivity contribution is 0.300. The first-order valence-electron chi connectivity index (χ1n) is 7.38. The summed E-state index contributed by atoms with van der Waals surface area (Å²) < 4.78 is 6.96. The third-order valence-corrected chi connectivity index (χ3v) is 4.23. The molecule has 112 valence electrons. The molecule has 1 unspecified atom stereocenters. The van der Waals surface area contributed by atoms with Crippen LogP contribution in [0.5, 0.6) is 5.75 Å². The molecule has 3 heteroatoms. The van der Waals surface area contributed by atoms with Crippen molar-refractivity contribution in [2.24, 2.45) is 0 Å². The van der Waals surface area contributed by atoms with E-state index in [0.717, 1.165) is 31.7 Å². The molecule has 0 fully saturated rings. The quantitative estimate of drug-likeness (QED) is 0.704. The lowest BCUT2D eigenvalue weighted by atomic mass is 9.94. The van der Waals surface area contributed by atoms with Crippen molar-refractivity contribution in [1.29, 1.82) is 0 Å². The van der Waals surface area contributed by atoms with Crippen molar-refractivity contribution in [3.05, 3.63) is 64.6 Å². The Labute approximate surface area is 135 Å². The van der Waals surface area contributed by atoms with Crippen LogP contribution < -0.4 is 10.1 Å². The molecular weight excluding hydrogens is 326 g/mol. The molecular formula is C18H22BrNO. The minimum absolute atomic E-state index is 0.505. The van der Waals surface area contributed by atoms with E-state index in [4.69, 9.17) is 4.74 Å². The molecule has 0 saturated heterocycles. The average molecular weight is 348 g/mol. The van der Waals surface area contributed by atoms with Gasteiger partial charge >= 0.3 is 0 Å². The van der Waals surface area contributed by atoms with Crippen LogP contribution in [0.1, 0.15) is 24.3 Å². The van der Waals surface area contributed by atoms with E-state index in [1.807, 2.05) is 37.4 Å². The first-order chi connectivity index (χ1) is 10.3. The zero-order chi connectivity index (χ0) is 14.9. The van der Waals surface area contributed by atoms with E-state index in [-0.39, 0.29) is 0 Å². The molecule has 1 N–H and O–H groups in total. The van der Waals surface area contributed by atoms with Gasteiger partial charge in [0.25, 0.3) is 0 Å². The summed E-state index contributed by atoms with van der Waals surface area (Å²) in [5, 5.41) is 3.29. The molecule has 2 rings (SSSR count). The molecule has 2 nitrogen and oxygen atoms in total. The number of rotatable bonds is 8. The SMILES string of the molecule is CNCC(CCCOc1ccccc1)c1ccccc1Br. The van der Waals surface area contributed by atoms with Gasteiger partial charge in [-0.15, -0.1) is 0 Å². The van der Waals surface area contributed by atoms with Gasteiger partial charge in [0.15, 0.2) is 0 Å². The molecule has 0 bridgehead atoms. The highest BCUT2D eigenvalue weighted by atomic mass is 79.9. The lowest BCUT2D eigenvalue weighted by Gasteiger charge is -2.18. The highest BCUT2D eigenvalue weighted by Gasteiger charge is 2.13. The van der Waals surface area contributed by atoms with Crippen LogP contribution in [0.2, 0.25) is 0 Å². The normalized spacial score (nSPS) is 12.1. The van der Waals surface area contributed by atoms with Crippen LogP contribution in [0.15, 0.2) is 59.1 Å². The van der Waals surface area contributed by atoms with Crippen molar-refractivity contribution in [1.82, 2.24) is 5.32 Å². The van der Waals surface area contributed by atoms with Gasteiger partial charge in [-0.3, -0.25) is 0 Å². The predicted octanol–water partition coefficient (Wildman–Crippen LogP) is 4.61. The Balaban J connectivity index is 1.85. The molecule has 0 amide bonds. The molecule has 0 radical (unpaired) electrons. The Morgan fingerprint density at radius 1 is 1.05 bits per heavy atom. The van der Waals surface area contributed by atoms with Gasteiger partial charge in [0.2, 0.25) is 0 Å². The summed E-state index contributed by atoms with van der Waals surface area (Å²) in [5.74, 6) is 1.45. The number of hydrogen-bond acceptors (Lipinski definition) is 2.